The van der Waals surface area contributed by atoms with Crippen LogP contribution in [0.4, 0.5) is 0 Å². The lowest BCUT2D eigenvalue weighted by Gasteiger charge is -1.93. The van der Waals surface area contributed by atoms with E-state index in [0.717, 1.165) is 0 Å². The van der Waals surface area contributed by atoms with Crippen molar-refractivity contribution in [1.29, 1.82) is 0 Å². The average Bonchev–Trinajstić information content (AvgIpc) is 2.79. The molecule has 0 spiro atoms. The van der Waals surface area contributed by atoms with E-state index in [1.165, 1.54) is 0 Å². The van der Waals surface area contributed by atoms with E-state index in [1.807, 2.05) is 18.2 Å². The van der Waals surface area contributed by atoms with Crippen molar-refractivity contribution < 1.29 is 4.52 Å². The number of rotatable bonds is 5. The number of nitrogens with zero attached hydrogens (tertiary/aromatic N) is 3. The van der Waals surface area contributed by atoms with Crippen LogP contribution in [0.2, 0.25) is 0 Å². The first kappa shape index (κ1) is 10.5. The number of nitrogens with one attached hydrogen (secondary N) is 1. The Morgan fingerprint density at radius 3 is 3.12 bits per heavy atom. The quantitative estimate of drug-likeness (QED) is 0.604. The van der Waals surface area contributed by atoms with Gasteiger partial charge in [-0.3, -0.25) is 4.98 Å². The molecule has 0 atom stereocenters. The van der Waals surface area contributed by atoms with E-state index in [-0.39, 0.29) is 0 Å². The van der Waals surface area contributed by atoms with Gasteiger partial charge in [0.2, 0.25) is 11.7 Å². The molecule has 2 heterocycles. The lowest BCUT2D eigenvalue weighted by Crippen LogP contribution is -2.12. The first-order valence-electron chi connectivity index (χ1n) is 4.96. The second-order valence-electron chi connectivity index (χ2n) is 3.15. The van der Waals surface area contributed by atoms with Crippen LogP contribution in [0.1, 0.15) is 5.89 Å². The number of aromatic nitrogens is 3. The Kier molecular flexibility index (Phi) is 3.40. The summed E-state index contributed by atoms with van der Waals surface area (Å²) in [6.07, 6.45) is 3.47. The monoisotopic (exact) mass is 216 g/mol. The van der Waals surface area contributed by atoms with Gasteiger partial charge in [0.05, 0.1) is 6.54 Å². The maximum absolute atomic E-state index is 5.07. The predicted molar refractivity (Wildman–Crippen MR) is 59.4 cm³/mol. The first-order chi connectivity index (χ1) is 7.90. The van der Waals surface area contributed by atoms with Crippen LogP contribution >= 0.6 is 0 Å². The summed E-state index contributed by atoms with van der Waals surface area (Å²) in [6.45, 7) is 4.85. The Labute approximate surface area is 93.2 Å². The smallest absolute Gasteiger partial charge is 0.240 e. The van der Waals surface area contributed by atoms with Crippen molar-refractivity contribution in [1.82, 2.24) is 20.4 Å². The molecule has 0 aromatic carbocycles. The van der Waals surface area contributed by atoms with Crippen LogP contribution in [0.5, 0.6) is 0 Å². The normalized spacial score (nSPS) is 10.2. The van der Waals surface area contributed by atoms with Crippen molar-refractivity contribution >= 4 is 0 Å². The summed E-state index contributed by atoms with van der Waals surface area (Å²) >= 11 is 0. The van der Waals surface area contributed by atoms with E-state index in [4.69, 9.17) is 4.52 Å². The summed E-state index contributed by atoms with van der Waals surface area (Å²) in [4.78, 5) is 8.35. The fourth-order valence-corrected chi connectivity index (χ4v) is 1.21. The molecule has 5 nitrogen and oxygen atoms in total. The van der Waals surface area contributed by atoms with Crippen LogP contribution in [0.3, 0.4) is 0 Å². The molecule has 0 unspecified atom stereocenters. The molecule has 1 N–H and O–H groups in total. The third-order valence-electron chi connectivity index (χ3n) is 1.93. The summed E-state index contributed by atoms with van der Waals surface area (Å²) in [5.41, 5.74) is 0.709. The van der Waals surface area contributed by atoms with Gasteiger partial charge in [0, 0.05) is 12.7 Å². The molecule has 5 heteroatoms. The van der Waals surface area contributed by atoms with Gasteiger partial charge >= 0.3 is 0 Å². The van der Waals surface area contributed by atoms with Gasteiger partial charge in [-0.25, -0.2) is 0 Å². The molecule has 0 bridgehead atoms. The van der Waals surface area contributed by atoms with Crippen LogP contribution in [0, 0.1) is 0 Å². The zero-order valence-electron chi connectivity index (χ0n) is 8.76. The van der Waals surface area contributed by atoms with Crippen LogP contribution in [0.15, 0.2) is 41.6 Å². The minimum Gasteiger partial charge on any atom is -0.337 e. The van der Waals surface area contributed by atoms with Crippen LogP contribution in [-0.2, 0) is 6.54 Å². The Bertz CT molecular complexity index is 452. The first-order valence-corrected chi connectivity index (χ1v) is 4.96. The SMILES string of the molecule is C=CCNCc1nc(-c2ccccn2)no1. The summed E-state index contributed by atoms with van der Waals surface area (Å²) in [5, 5.41) is 6.93. The van der Waals surface area contributed by atoms with E-state index in [2.05, 4.69) is 27.0 Å². The number of pyridine rings is 1. The fourth-order valence-electron chi connectivity index (χ4n) is 1.21. The molecule has 0 saturated carbocycles. The molecule has 0 radical (unpaired) electrons. The van der Waals surface area contributed by atoms with Gasteiger partial charge in [-0.1, -0.05) is 17.3 Å². The molecular formula is C11H12N4O. The molecule has 0 amide bonds. The van der Waals surface area contributed by atoms with Crippen molar-refractivity contribution in [2.24, 2.45) is 0 Å². The Balaban J connectivity index is 2.05. The number of hydrogen-bond acceptors (Lipinski definition) is 5. The van der Waals surface area contributed by atoms with Gasteiger partial charge in [0.15, 0.2) is 0 Å². The summed E-state index contributed by atoms with van der Waals surface area (Å²) < 4.78 is 5.07. The van der Waals surface area contributed by atoms with Crippen molar-refractivity contribution in [2.75, 3.05) is 6.54 Å². The third kappa shape index (κ3) is 2.52. The highest BCUT2D eigenvalue weighted by molar-refractivity contribution is 5.46. The van der Waals surface area contributed by atoms with Crippen LogP contribution in [-0.4, -0.2) is 21.7 Å². The summed E-state index contributed by atoms with van der Waals surface area (Å²) in [6, 6.07) is 5.57. The molecule has 82 valence electrons. The molecule has 0 fully saturated rings. The van der Waals surface area contributed by atoms with E-state index >= 15 is 0 Å². The van der Waals surface area contributed by atoms with Crippen molar-refractivity contribution in [3.05, 3.63) is 42.9 Å². The van der Waals surface area contributed by atoms with Gasteiger partial charge < -0.3 is 9.84 Å². The lowest BCUT2D eigenvalue weighted by molar-refractivity contribution is 0.370. The molecule has 0 aliphatic heterocycles. The standard InChI is InChI=1S/C11H12N4O/c1-2-6-12-8-10-14-11(15-16-10)9-5-3-4-7-13-9/h2-5,7,12H,1,6,8H2. The highest BCUT2D eigenvalue weighted by atomic mass is 16.5. The van der Waals surface area contributed by atoms with E-state index < -0.39 is 0 Å². The zero-order valence-corrected chi connectivity index (χ0v) is 8.76. The minimum absolute atomic E-state index is 0.510. The molecule has 0 saturated heterocycles. The van der Waals surface area contributed by atoms with Crippen LogP contribution in [0.25, 0.3) is 11.5 Å². The molecule has 2 rings (SSSR count). The highest BCUT2D eigenvalue weighted by Crippen LogP contribution is 2.11. The van der Waals surface area contributed by atoms with Crippen molar-refractivity contribution in [3.8, 4) is 11.5 Å². The average molecular weight is 216 g/mol. The van der Waals surface area contributed by atoms with Gasteiger partial charge in [0.1, 0.15) is 5.69 Å². The van der Waals surface area contributed by atoms with Crippen LogP contribution < -0.4 is 5.32 Å². The fraction of sp³-hybridized carbons (Fsp3) is 0.182. The van der Waals surface area contributed by atoms with E-state index in [1.54, 1.807) is 12.3 Å². The minimum atomic E-state index is 0.510. The Morgan fingerprint density at radius 2 is 2.38 bits per heavy atom. The van der Waals surface area contributed by atoms with Gasteiger partial charge in [-0.15, -0.1) is 6.58 Å². The zero-order chi connectivity index (χ0) is 11.2. The van der Waals surface area contributed by atoms with Crippen molar-refractivity contribution in [2.45, 2.75) is 6.54 Å². The third-order valence-corrected chi connectivity index (χ3v) is 1.93. The maximum atomic E-state index is 5.07. The maximum Gasteiger partial charge on any atom is 0.240 e. The van der Waals surface area contributed by atoms with Crippen molar-refractivity contribution in [3.63, 3.8) is 0 Å². The second-order valence-corrected chi connectivity index (χ2v) is 3.15. The molecule has 0 aliphatic carbocycles. The summed E-state index contributed by atoms with van der Waals surface area (Å²) in [7, 11) is 0. The van der Waals surface area contributed by atoms with E-state index in [0.29, 0.717) is 30.5 Å². The van der Waals surface area contributed by atoms with Gasteiger partial charge in [-0.2, -0.15) is 4.98 Å². The largest absolute Gasteiger partial charge is 0.337 e. The lowest BCUT2D eigenvalue weighted by atomic mass is 10.3. The molecule has 2 aromatic heterocycles. The summed E-state index contributed by atoms with van der Waals surface area (Å²) in [5.74, 6) is 1.05. The molecule has 16 heavy (non-hydrogen) atoms. The second kappa shape index (κ2) is 5.18. The molecular weight excluding hydrogens is 204 g/mol. The predicted octanol–water partition coefficient (Wildman–Crippen LogP) is 1.41. The Morgan fingerprint density at radius 1 is 1.44 bits per heavy atom. The topological polar surface area (TPSA) is 63.8 Å². The highest BCUT2D eigenvalue weighted by Gasteiger charge is 2.07. The number of hydrogen-bond donors (Lipinski definition) is 1. The van der Waals surface area contributed by atoms with Gasteiger partial charge in [-0.05, 0) is 12.1 Å². The van der Waals surface area contributed by atoms with E-state index in [9.17, 15) is 0 Å². The Hall–Kier alpha value is -2.01. The van der Waals surface area contributed by atoms with Gasteiger partial charge in [0.25, 0.3) is 0 Å². The molecule has 0 aliphatic rings. The molecule has 2 aromatic rings.